The Morgan fingerprint density at radius 3 is 2.83 bits per heavy atom. The smallest absolute Gasteiger partial charge is 0.0832 e. The molecule has 1 aliphatic rings. The number of hydrogen-bond acceptors (Lipinski definition) is 2. The maximum absolute atomic E-state index is 4.70. The predicted molar refractivity (Wildman–Crippen MR) is 81.2 cm³/mol. The molecule has 0 aromatic heterocycles. The normalized spacial score (nSPS) is 27.1. The molecular weight excluding hydrogens is 220 g/mol. The van der Waals surface area contributed by atoms with E-state index in [9.17, 15) is 0 Å². The van der Waals surface area contributed by atoms with Crippen molar-refractivity contribution < 1.29 is 0 Å². The summed E-state index contributed by atoms with van der Waals surface area (Å²) >= 11 is 0. The zero-order chi connectivity index (χ0) is 13.7. The second kappa shape index (κ2) is 6.67. The van der Waals surface area contributed by atoms with E-state index in [1.807, 2.05) is 6.92 Å². The summed E-state index contributed by atoms with van der Waals surface area (Å²) in [5.41, 5.74) is 3.52. The average Bonchev–Trinajstić information content (AvgIpc) is 2.49. The van der Waals surface area contributed by atoms with E-state index in [2.05, 4.69) is 45.5 Å². The second-order valence-corrected chi connectivity index (χ2v) is 5.40. The highest BCUT2D eigenvalue weighted by Crippen LogP contribution is 2.32. The molecule has 0 spiro atoms. The molecule has 0 fully saturated rings. The highest BCUT2D eigenvalue weighted by Gasteiger charge is 2.22. The van der Waals surface area contributed by atoms with Crippen molar-refractivity contribution in [2.75, 3.05) is 0 Å². The van der Waals surface area contributed by atoms with Crippen molar-refractivity contribution in [1.82, 2.24) is 0 Å². The molecule has 0 aliphatic carbocycles. The van der Waals surface area contributed by atoms with Gasteiger partial charge < -0.3 is 0 Å². The van der Waals surface area contributed by atoms with Gasteiger partial charge in [0.1, 0.15) is 0 Å². The highest BCUT2D eigenvalue weighted by molar-refractivity contribution is 6.00. The summed E-state index contributed by atoms with van der Waals surface area (Å²) in [5.74, 6) is 1.74. The Balaban J connectivity index is 3.24. The first kappa shape index (κ1) is 14.9. The van der Waals surface area contributed by atoms with Gasteiger partial charge in [0.25, 0.3) is 0 Å². The molecule has 2 heteroatoms. The Kier molecular flexibility index (Phi) is 5.52. The van der Waals surface area contributed by atoms with Gasteiger partial charge in [-0.2, -0.15) is 0 Å². The largest absolute Gasteiger partial charge is 0.260 e. The van der Waals surface area contributed by atoms with Gasteiger partial charge in [-0.25, -0.2) is 0 Å². The van der Waals surface area contributed by atoms with Crippen LogP contribution in [0.3, 0.4) is 0 Å². The van der Waals surface area contributed by atoms with E-state index in [-0.39, 0.29) is 0 Å². The number of rotatable bonds is 4. The van der Waals surface area contributed by atoms with Crippen molar-refractivity contribution in [3.8, 4) is 0 Å². The Morgan fingerprint density at radius 1 is 1.61 bits per heavy atom. The zero-order valence-corrected chi connectivity index (χ0v) is 12.4. The first-order valence-corrected chi connectivity index (χ1v) is 6.94. The zero-order valence-electron chi connectivity index (χ0n) is 12.4. The van der Waals surface area contributed by atoms with Crippen LogP contribution in [-0.4, -0.2) is 11.9 Å². The summed E-state index contributed by atoms with van der Waals surface area (Å²) in [6.07, 6.45) is 5.95. The number of aliphatic imine (C=N–C) groups is 2. The lowest BCUT2D eigenvalue weighted by Crippen LogP contribution is -2.11. The van der Waals surface area contributed by atoms with Gasteiger partial charge in [-0.05, 0) is 43.1 Å². The summed E-state index contributed by atoms with van der Waals surface area (Å²) in [5, 5.41) is 0. The standard InChI is InChI=1S/C16H26N2/c1-7-11(3)15-9-12(4)13(5)10-18-16(15)14(6)17-8-2/h8,10-13H,2,7,9H2,1,3-6H3/t11?,12?,13-/m0/s1. The maximum Gasteiger partial charge on any atom is 0.0832 e. The fourth-order valence-electron chi connectivity index (χ4n) is 2.26. The average molecular weight is 246 g/mol. The lowest BCUT2D eigenvalue weighted by molar-refractivity contribution is 0.462. The summed E-state index contributed by atoms with van der Waals surface area (Å²) in [7, 11) is 0. The van der Waals surface area contributed by atoms with E-state index in [0.29, 0.717) is 17.8 Å². The lowest BCUT2D eigenvalue weighted by Gasteiger charge is -2.20. The third kappa shape index (κ3) is 3.41. The molecular formula is C16H26N2. The van der Waals surface area contributed by atoms with Gasteiger partial charge in [-0.15, -0.1) is 0 Å². The van der Waals surface area contributed by atoms with E-state index < -0.39 is 0 Å². The van der Waals surface area contributed by atoms with E-state index in [0.717, 1.165) is 24.3 Å². The van der Waals surface area contributed by atoms with Gasteiger partial charge in [0.15, 0.2) is 0 Å². The lowest BCUT2D eigenvalue weighted by atomic mass is 9.84. The van der Waals surface area contributed by atoms with Gasteiger partial charge >= 0.3 is 0 Å². The summed E-state index contributed by atoms with van der Waals surface area (Å²) in [6, 6.07) is 0. The Morgan fingerprint density at radius 2 is 2.28 bits per heavy atom. The Hall–Kier alpha value is -1.18. The third-order valence-electron chi connectivity index (χ3n) is 4.02. The van der Waals surface area contributed by atoms with E-state index >= 15 is 0 Å². The molecule has 3 atom stereocenters. The van der Waals surface area contributed by atoms with Crippen LogP contribution in [0.5, 0.6) is 0 Å². The fraction of sp³-hybridized carbons (Fsp3) is 0.625. The molecule has 0 amide bonds. The number of allylic oxidation sites excluding steroid dienone is 2. The van der Waals surface area contributed by atoms with Crippen LogP contribution in [0.2, 0.25) is 0 Å². The van der Waals surface area contributed by atoms with Gasteiger partial charge in [0, 0.05) is 12.4 Å². The molecule has 0 saturated carbocycles. The van der Waals surface area contributed by atoms with E-state index in [1.54, 1.807) is 6.20 Å². The molecule has 18 heavy (non-hydrogen) atoms. The van der Waals surface area contributed by atoms with Crippen molar-refractivity contribution >= 4 is 11.9 Å². The van der Waals surface area contributed by atoms with Crippen LogP contribution in [0.4, 0.5) is 0 Å². The minimum Gasteiger partial charge on any atom is -0.260 e. The number of nitrogens with zero attached hydrogens (tertiary/aromatic N) is 2. The van der Waals surface area contributed by atoms with Crippen molar-refractivity contribution in [1.29, 1.82) is 0 Å². The number of hydrogen-bond donors (Lipinski definition) is 0. The molecule has 1 rings (SSSR count). The van der Waals surface area contributed by atoms with E-state index in [4.69, 9.17) is 4.99 Å². The second-order valence-electron chi connectivity index (χ2n) is 5.40. The summed E-state index contributed by atoms with van der Waals surface area (Å²) < 4.78 is 0. The van der Waals surface area contributed by atoms with Gasteiger partial charge in [-0.3, -0.25) is 9.98 Å². The molecule has 1 heterocycles. The molecule has 0 bridgehead atoms. The molecule has 0 radical (unpaired) electrons. The van der Waals surface area contributed by atoms with Gasteiger partial charge in [-0.1, -0.05) is 34.3 Å². The van der Waals surface area contributed by atoms with Crippen LogP contribution < -0.4 is 0 Å². The minimum atomic E-state index is 0.526. The minimum absolute atomic E-state index is 0.526. The van der Waals surface area contributed by atoms with Crippen molar-refractivity contribution in [3.63, 3.8) is 0 Å². The van der Waals surface area contributed by atoms with Crippen molar-refractivity contribution in [2.45, 2.75) is 47.5 Å². The fourth-order valence-corrected chi connectivity index (χ4v) is 2.26. The van der Waals surface area contributed by atoms with Crippen molar-refractivity contribution in [3.05, 3.63) is 24.0 Å². The quantitative estimate of drug-likeness (QED) is 0.646. The van der Waals surface area contributed by atoms with Crippen LogP contribution >= 0.6 is 0 Å². The van der Waals surface area contributed by atoms with Gasteiger partial charge in [0.2, 0.25) is 0 Å². The molecule has 2 unspecified atom stereocenters. The first-order valence-electron chi connectivity index (χ1n) is 6.94. The molecule has 0 aromatic rings. The predicted octanol–water partition coefficient (Wildman–Crippen LogP) is 4.64. The molecule has 0 aromatic carbocycles. The molecule has 0 N–H and O–H groups in total. The SMILES string of the molecule is C=CN=C(C)C1=C(C(C)CC)CC(C)[C@@H](C)C=N1. The third-order valence-corrected chi connectivity index (χ3v) is 4.02. The van der Waals surface area contributed by atoms with Crippen LogP contribution in [0, 0.1) is 17.8 Å². The van der Waals surface area contributed by atoms with Gasteiger partial charge in [0.05, 0.1) is 11.4 Å². The Bertz CT molecular complexity index is 388. The highest BCUT2D eigenvalue weighted by atomic mass is 14.8. The Labute approximate surface area is 112 Å². The molecule has 2 nitrogen and oxygen atoms in total. The molecule has 1 aliphatic heterocycles. The van der Waals surface area contributed by atoms with Crippen LogP contribution in [0.1, 0.15) is 47.5 Å². The van der Waals surface area contributed by atoms with Crippen LogP contribution in [0.25, 0.3) is 0 Å². The van der Waals surface area contributed by atoms with Crippen molar-refractivity contribution in [2.24, 2.45) is 27.7 Å². The monoisotopic (exact) mass is 246 g/mol. The van der Waals surface area contributed by atoms with Crippen LogP contribution in [0.15, 0.2) is 34.0 Å². The van der Waals surface area contributed by atoms with E-state index in [1.165, 1.54) is 5.57 Å². The molecule has 0 saturated heterocycles. The first-order chi connectivity index (χ1) is 8.51. The summed E-state index contributed by atoms with van der Waals surface area (Å²) in [6.45, 7) is 14.8. The molecule has 100 valence electrons. The maximum atomic E-state index is 4.70. The summed E-state index contributed by atoms with van der Waals surface area (Å²) in [4.78, 5) is 9.02. The topological polar surface area (TPSA) is 24.7 Å². The van der Waals surface area contributed by atoms with Crippen LogP contribution in [-0.2, 0) is 0 Å².